The lowest BCUT2D eigenvalue weighted by molar-refractivity contribution is 0.0966. The van der Waals surface area contributed by atoms with Crippen LogP contribution in [0.15, 0.2) is 30.6 Å². The standard InChI is InChI=1S/C19H21N7O/c20-11-5-1-2-6-12(11)23-19-24-13-9-22-18(27)16(13)17(25-19)14-10-21-15-7-3-4-8-26(14)15/h3-4,7-8,10-12H,1-2,5-6,9,20H2,(H,22,27)(H,23,24,25). The van der Waals surface area contributed by atoms with Gasteiger partial charge in [-0.15, -0.1) is 0 Å². The van der Waals surface area contributed by atoms with Crippen molar-refractivity contribution in [2.45, 2.75) is 44.3 Å². The summed E-state index contributed by atoms with van der Waals surface area (Å²) in [6.45, 7) is 0.409. The van der Waals surface area contributed by atoms with Crippen molar-refractivity contribution >= 4 is 17.5 Å². The summed E-state index contributed by atoms with van der Waals surface area (Å²) in [5, 5.41) is 6.26. The van der Waals surface area contributed by atoms with E-state index in [1.165, 1.54) is 0 Å². The molecule has 5 rings (SSSR count). The number of anilines is 1. The van der Waals surface area contributed by atoms with E-state index in [9.17, 15) is 4.79 Å². The minimum Gasteiger partial charge on any atom is -0.350 e. The molecule has 1 amide bonds. The molecule has 2 unspecified atom stereocenters. The highest BCUT2D eigenvalue weighted by molar-refractivity contribution is 6.03. The zero-order valence-electron chi connectivity index (χ0n) is 14.9. The van der Waals surface area contributed by atoms with Gasteiger partial charge in [0.15, 0.2) is 0 Å². The number of carbonyl (C=O) groups is 1. The minimum atomic E-state index is -0.146. The molecular weight excluding hydrogens is 342 g/mol. The smallest absolute Gasteiger partial charge is 0.255 e. The summed E-state index contributed by atoms with van der Waals surface area (Å²) in [7, 11) is 0. The van der Waals surface area contributed by atoms with Crippen molar-refractivity contribution in [2.24, 2.45) is 5.73 Å². The highest BCUT2D eigenvalue weighted by Crippen LogP contribution is 2.29. The highest BCUT2D eigenvalue weighted by Gasteiger charge is 2.30. The molecule has 2 atom stereocenters. The molecule has 1 fully saturated rings. The number of hydrogen-bond acceptors (Lipinski definition) is 6. The summed E-state index contributed by atoms with van der Waals surface area (Å²) >= 11 is 0. The van der Waals surface area contributed by atoms with Crippen LogP contribution < -0.4 is 16.4 Å². The average Bonchev–Trinajstić information content (AvgIpc) is 3.27. The molecule has 8 heteroatoms. The van der Waals surface area contributed by atoms with E-state index in [0.29, 0.717) is 29.4 Å². The van der Waals surface area contributed by atoms with Crippen LogP contribution in [0.2, 0.25) is 0 Å². The lowest BCUT2D eigenvalue weighted by atomic mass is 9.91. The Kier molecular flexibility index (Phi) is 3.78. The largest absolute Gasteiger partial charge is 0.350 e. The van der Waals surface area contributed by atoms with Crippen LogP contribution in [0.1, 0.15) is 41.7 Å². The quantitative estimate of drug-likeness (QED) is 0.653. The average molecular weight is 363 g/mol. The number of amides is 1. The van der Waals surface area contributed by atoms with E-state index in [1.54, 1.807) is 6.20 Å². The van der Waals surface area contributed by atoms with Crippen LogP contribution in [-0.2, 0) is 6.54 Å². The van der Waals surface area contributed by atoms with Crippen LogP contribution in [-0.4, -0.2) is 37.3 Å². The van der Waals surface area contributed by atoms with Gasteiger partial charge < -0.3 is 16.4 Å². The monoisotopic (exact) mass is 363 g/mol. The predicted octanol–water partition coefficient (Wildman–Crippen LogP) is 1.72. The van der Waals surface area contributed by atoms with E-state index >= 15 is 0 Å². The number of nitrogens with two attached hydrogens (primary N) is 1. The van der Waals surface area contributed by atoms with Crippen LogP contribution in [0.25, 0.3) is 17.0 Å². The Morgan fingerprint density at radius 2 is 2.11 bits per heavy atom. The second kappa shape index (κ2) is 6.31. The summed E-state index contributed by atoms with van der Waals surface area (Å²) in [6.07, 6.45) is 7.99. The van der Waals surface area contributed by atoms with Gasteiger partial charge in [-0.2, -0.15) is 0 Å². The predicted molar refractivity (Wildman–Crippen MR) is 101 cm³/mol. The SMILES string of the molecule is NC1CCCCC1Nc1nc2c(c(-c3cnc4ccccn34)n1)C(=O)NC2. The zero-order valence-corrected chi connectivity index (χ0v) is 14.9. The first kappa shape index (κ1) is 16.2. The third kappa shape index (κ3) is 2.73. The number of aromatic nitrogens is 4. The fourth-order valence-electron chi connectivity index (χ4n) is 3.99. The fourth-order valence-corrected chi connectivity index (χ4v) is 3.99. The third-order valence-corrected chi connectivity index (χ3v) is 5.42. The summed E-state index contributed by atoms with van der Waals surface area (Å²) in [5.41, 5.74) is 9.69. The van der Waals surface area contributed by atoms with Crippen LogP contribution in [0.4, 0.5) is 5.95 Å². The molecule has 3 aromatic rings. The summed E-state index contributed by atoms with van der Waals surface area (Å²) in [4.78, 5) is 26.2. The number of rotatable bonds is 3. The summed E-state index contributed by atoms with van der Waals surface area (Å²) in [6, 6.07) is 6.03. The van der Waals surface area contributed by atoms with Crippen molar-refractivity contribution in [2.75, 3.05) is 5.32 Å². The molecule has 4 N–H and O–H groups in total. The van der Waals surface area contributed by atoms with Gasteiger partial charge in [0.1, 0.15) is 11.3 Å². The van der Waals surface area contributed by atoms with Crippen LogP contribution in [0, 0.1) is 0 Å². The molecule has 4 heterocycles. The zero-order chi connectivity index (χ0) is 18.4. The maximum Gasteiger partial charge on any atom is 0.255 e. The third-order valence-electron chi connectivity index (χ3n) is 5.42. The molecule has 2 aliphatic rings. The maximum absolute atomic E-state index is 12.4. The van der Waals surface area contributed by atoms with E-state index in [1.807, 2.05) is 28.8 Å². The van der Waals surface area contributed by atoms with Crippen molar-refractivity contribution in [3.63, 3.8) is 0 Å². The molecule has 3 aromatic heterocycles. The molecule has 138 valence electrons. The van der Waals surface area contributed by atoms with Gasteiger partial charge in [0.2, 0.25) is 5.95 Å². The van der Waals surface area contributed by atoms with Gasteiger partial charge in [-0.3, -0.25) is 9.20 Å². The Bertz CT molecular complexity index is 1030. The maximum atomic E-state index is 12.4. The van der Waals surface area contributed by atoms with Crippen molar-refractivity contribution in [3.8, 4) is 11.4 Å². The fraction of sp³-hybridized carbons (Fsp3) is 0.368. The first-order valence-electron chi connectivity index (χ1n) is 9.34. The molecule has 0 aromatic carbocycles. The Morgan fingerprint density at radius 3 is 3.00 bits per heavy atom. The molecular formula is C19H21N7O. The Balaban J connectivity index is 1.61. The Labute approximate surface area is 156 Å². The van der Waals surface area contributed by atoms with Gasteiger partial charge in [-0.1, -0.05) is 18.9 Å². The second-order valence-electron chi connectivity index (χ2n) is 7.17. The molecule has 27 heavy (non-hydrogen) atoms. The van der Waals surface area contributed by atoms with Gasteiger partial charge in [0, 0.05) is 18.3 Å². The van der Waals surface area contributed by atoms with Gasteiger partial charge >= 0.3 is 0 Å². The van der Waals surface area contributed by atoms with Crippen molar-refractivity contribution in [1.82, 2.24) is 24.7 Å². The number of carbonyl (C=O) groups excluding carboxylic acids is 1. The topological polar surface area (TPSA) is 110 Å². The van der Waals surface area contributed by atoms with Crippen molar-refractivity contribution in [1.29, 1.82) is 0 Å². The molecule has 0 spiro atoms. The number of nitrogens with one attached hydrogen (secondary N) is 2. The van der Waals surface area contributed by atoms with E-state index in [4.69, 9.17) is 10.7 Å². The number of pyridine rings is 1. The molecule has 1 aliphatic carbocycles. The normalized spacial score (nSPS) is 21.9. The molecule has 0 radical (unpaired) electrons. The highest BCUT2D eigenvalue weighted by atomic mass is 16.1. The van der Waals surface area contributed by atoms with Crippen molar-refractivity contribution < 1.29 is 4.79 Å². The minimum absolute atomic E-state index is 0.0922. The lowest BCUT2D eigenvalue weighted by Crippen LogP contribution is -2.43. The van der Waals surface area contributed by atoms with Crippen LogP contribution in [0.3, 0.4) is 0 Å². The van der Waals surface area contributed by atoms with Gasteiger partial charge in [-0.25, -0.2) is 15.0 Å². The lowest BCUT2D eigenvalue weighted by Gasteiger charge is -2.29. The van der Waals surface area contributed by atoms with Gasteiger partial charge in [-0.05, 0) is 25.0 Å². The summed E-state index contributed by atoms with van der Waals surface area (Å²) < 4.78 is 1.93. The molecule has 8 nitrogen and oxygen atoms in total. The first-order chi connectivity index (χ1) is 13.2. The number of nitrogens with zero attached hydrogens (tertiary/aromatic N) is 4. The van der Waals surface area contributed by atoms with E-state index < -0.39 is 0 Å². The molecule has 1 saturated carbocycles. The summed E-state index contributed by atoms with van der Waals surface area (Å²) in [5.74, 6) is 0.375. The van der Waals surface area contributed by atoms with Gasteiger partial charge in [0.05, 0.1) is 29.7 Å². The van der Waals surface area contributed by atoms with E-state index in [-0.39, 0.29) is 18.0 Å². The first-order valence-corrected chi connectivity index (χ1v) is 9.34. The van der Waals surface area contributed by atoms with E-state index in [0.717, 1.165) is 37.0 Å². The molecule has 0 saturated heterocycles. The van der Waals surface area contributed by atoms with Crippen LogP contribution in [0.5, 0.6) is 0 Å². The number of imidazole rings is 1. The Morgan fingerprint density at radius 1 is 1.22 bits per heavy atom. The van der Waals surface area contributed by atoms with E-state index in [2.05, 4.69) is 20.6 Å². The Hall–Kier alpha value is -3.00. The number of hydrogen-bond donors (Lipinski definition) is 3. The molecule has 1 aliphatic heterocycles. The second-order valence-corrected chi connectivity index (χ2v) is 7.17. The van der Waals surface area contributed by atoms with Gasteiger partial charge in [0.25, 0.3) is 5.91 Å². The van der Waals surface area contributed by atoms with Crippen molar-refractivity contribution in [3.05, 3.63) is 41.9 Å². The number of fused-ring (bicyclic) bond motifs is 2. The molecule has 0 bridgehead atoms. The van der Waals surface area contributed by atoms with Crippen LogP contribution >= 0.6 is 0 Å².